The molecule has 2 unspecified atom stereocenters. The van der Waals surface area contributed by atoms with Crippen LogP contribution in [0.1, 0.15) is 53.4 Å². The molecule has 1 rings (SSSR count). The van der Waals surface area contributed by atoms with Crippen LogP contribution >= 0.6 is 0 Å². The Bertz CT molecular complexity index is 203. The monoisotopic (exact) mass is 213 g/mol. The third-order valence-corrected chi connectivity index (χ3v) is 3.87. The zero-order valence-corrected chi connectivity index (χ0v) is 10.8. The lowest BCUT2D eigenvalue weighted by Crippen LogP contribution is -2.50. The minimum absolute atomic E-state index is 0.408. The molecule has 2 N–H and O–H groups in total. The van der Waals surface area contributed by atoms with Crippen LogP contribution in [0.2, 0.25) is 0 Å². The van der Waals surface area contributed by atoms with Crippen LogP contribution in [0.3, 0.4) is 0 Å². The van der Waals surface area contributed by atoms with Gasteiger partial charge in [-0.1, -0.05) is 27.7 Å². The van der Waals surface area contributed by atoms with Crippen molar-refractivity contribution in [3.8, 4) is 0 Å². The van der Waals surface area contributed by atoms with E-state index in [2.05, 4.69) is 33.0 Å². The lowest BCUT2D eigenvalue weighted by Gasteiger charge is -2.45. The predicted octanol–water partition coefficient (Wildman–Crippen LogP) is 2.56. The van der Waals surface area contributed by atoms with Crippen LogP contribution in [0.25, 0.3) is 0 Å². The van der Waals surface area contributed by atoms with Crippen molar-refractivity contribution in [2.45, 2.75) is 59.0 Å². The molecule has 1 saturated carbocycles. The number of nitrogens with one attached hydrogen (secondary N) is 1. The van der Waals surface area contributed by atoms with Crippen molar-refractivity contribution in [2.75, 3.05) is 13.1 Å². The van der Waals surface area contributed by atoms with Gasteiger partial charge in [0, 0.05) is 6.54 Å². The molecule has 0 radical (unpaired) electrons. The van der Waals surface area contributed by atoms with Gasteiger partial charge in [0.25, 0.3) is 0 Å². The molecule has 2 atom stereocenters. The molecule has 2 nitrogen and oxygen atoms in total. The van der Waals surface area contributed by atoms with Crippen molar-refractivity contribution in [1.29, 1.82) is 0 Å². The second-order valence-corrected chi connectivity index (χ2v) is 6.05. The fourth-order valence-corrected chi connectivity index (χ4v) is 2.67. The van der Waals surface area contributed by atoms with Crippen LogP contribution in [-0.4, -0.2) is 23.8 Å². The zero-order valence-electron chi connectivity index (χ0n) is 10.8. The van der Waals surface area contributed by atoms with Crippen LogP contribution in [0.15, 0.2) is 0 Å². The largest absolute Gasteiger partial charge is 0.388 e. The Balaban J connectivity index is 2.47. The number of rotatable bonds is 4. The van der Waals surface area contributed by atoms with Gasteiger partial charge < -0.3 is 10.4 Å². The van der Waals surface area contributed by atoms with E-state index in [1.54, 1.807) is 0 Å². The molecule has 0 spiro atoms. The van der Waals surface area contributed by atoms with Gasteiger partial charge in [-0.3, -0.25) is 0 Å². The van der Waals surface area contributed by atoms with Gasteiger partial charge in [-0.05, 0) is 43.6 Å². The molecule has 1 aliphatic carbocycles. The second-order valence-electron chi connectivity index (χ2n) is 6.05. The summed E-state index contributed by atoms with van der Waals surface area (Å²) in [6, 6.07) is 0. The first-order valence-corrected chi connectivity index (χ1v) is 6.33. The molecule has 0 aliphatic heterocycles. The molecular formula is C13H27NO. The minimum Gasteiger partial charge on any atom is -0.388 e. The van der Waals surface area contributed by atoms with Crippen LogP contribution in [0.5, 0.6) is 0 Å². The van der Waals surface area contributed by atoms with Gasteiger partial charge >= 0.3 is 0 Å². The SMILES string of the molecule is CCCNCC1(O)CCC(C)(C)CC1C. The fraction of sp³-hybridized carbons (Fsp3) is 1.00. The maximum Gasteiger partial charge on any atom is 0.0797 e. The van der Waals surface area contributed by atoms with Crippen molar-refractivity contribution in [3.05, 3.63) is 0 Å². The smallest absolute Gasteiger partial charge is 0.0797 e. The molecule has 1 fully saturated rings. The maximum absolute atomic E-state index is 10.5. The van der Waals surface area contributed by atoms with E-state index in [4.69, 9.17) is 0 Å². The van der Waals surface area contributed by atoms with Crippen molar-refractivity contribution >= 4 is 0 Å². The summed E-state index contributed by atoms with van der Waals surface area (Å²) >= 11 is 0. The summed E-state index contributed by atoms with van der Waals surface area (Å²) in [6.07, 6.45) is 4.35. The van der Waals surface area contributed by atoms with Gasteiger partial charge in [-0.15, -0.1) is 0 Å². The van der Waals surface area contributed by atoms with Crippen molar-refractivity contribution < 1.29 is 5.11 Å². The Kier molecular flexibility index (Phi) is 4.19. The van der Waals surface area contributed by atoms with Gasteiger partial charge in [0.2, 0.25) is 0 Å². The lowest BCUT2D eigenvalue weighted by molar-refractivity contribution is -0.0689. The topological polar surface area (TPSA) is 32.3 Å². The summed E-state index contributed by atoms with van der Waals surface area (Å²) in [7, 11) is 0. The lowest BCUT2D eigenvalue weighted by atomic mass is 9.65. The molecule has 90 valence electrons. The zero-order chi connectivity index (χ0) is 11.5. The van der Waals surface area contributed by atoms with Crippen molar-refractivity contribution in [1.82, 2.24) is 5.32 Å². The molecule has 15 heavy (non-hydrogen) atoms. The molecule has 0 bridgehead atoms. The van der Waals surface area contributed by atoms with E-state index in [1.165, 1.54) is 0 Å². The van der Waals surface area contributed by atoms with E-state index in [1.807, 2.05) is 0 Å². The molecule has 0 aromatic rings. The maximum atomic E-state index is 10.5. The van der Waals surface area contributed by atoms with E-state index in [-0.39, 0.29) is 0 Å². The average molecular weight is 213 g/mol. The molecule has 0 aromatic heterocycles. The highest BCUT2D eigenvalue weighted by atomic mass is 16.3. The minimum atomic E-state index is -0.468. The summed E-state index contributed by atoms with van der Waals surface area (Å²) in [4.78, 5) is 0. The highest BCUT2D eigenvalue weighted by Gasteiger charge is 2.41. The molecule has 2 heteroatoms. The Hall–Kier alpha value is -0.0800. The van der Waals surface area contributed by atoms with Gasteiger partial charge in [0.1, 0.15) is 0 Å². The quantitative estimate of drug-likeness (QED) is 0.703. The summed E-state index contributed by atoms with van der Waals surface area (Å²) in [5, 5.41) is 13.9. The first-order valence-electron chi connectivity index (χ1n) is 6.33. The van der Waals surface area contributed by atoms with E-state index in [9.17, 15) is 5.11 Å². The summed E-state index contributed by atoms with van der Waals surface area (Å²) in [5.41, 5.74) is -0.0545. The van der Waals surface area contributed by atoms with Gasteiger partial charge in [-0.25, -0.2) is 0 Å². The molecule has 0 amide bonds. The van der Waals surface area contributed by atoms with Gasteiger partial charge in [0.15, 0.2) is 0 Å². The Labute approximate surface area is 94.5 Å². The van der Waals surface area contributed by atoms with Gasteiger partial charge in [-0.2, -0.15) is 0 Å². The number of aliphatic hydroxyl groups is 1. The molecular weight excluding hydrogens is 186 g/mol. The third-order valence-electron chi connectivity index (χ3n) is 3.87. The molecule has 0 aromatic carbocycles. The van der Waals surface area contributed by atoms with Crippen LogP contribution in [-0.2, 0) is 0 Å². The highest BCUT2D eigenvalue weighted by Crippen LogP contribution is 2.43. The van der Waals surface area contributed by atoms with Crippen molar-refractivity contribution in [3.63, 3.8) is 0 Å². The standard InChI is InChI=1S/C13H27NO/c1-5-8-14-10-13(15)7-6-12(3,4)9-11(13)2/h11,14-15H,5-10H2,1-4H3. The summed E-state index contributed by atoms with van der Waals surface area (Å²) in [6.45, 7) is 10.7. The van der Waals surface area contributed by atoms with E-state index >= 15 is 0 Å². The van der Waals surface area contributed by atoms with Crippen LogP contribution in [0.4, 0.5) is 0 Å². The first kappa shape index (κ1) is 13.0. The molecule has 1 aliphatic rings. The Morgan fingerprint density at radius 1 is 1.33 bits per heavy atom. The fourth-order valence-electron chi connectivity index (χ4n) is 2.67. The van der Waals surface area contributed by atoms with Gasteiger partial charge in [0.05, 0.1) is 5.60 Å². The Morgan fingerprint density at radius 2 is 2.00 bits per heavy atom. The van der Waals surface area contributed by atoms with E-state index in [0.29, 0.717) is 11.3 Å². The molecule has 0 heterocycles. The normalized spacial score (nSPS) is 35.4. The first-order chi connectivity index (χ1) is 6.90. The second kappa shape index (κ2) is 4.84. The highest BCUT2D eigenvalue weighted by molar-refractivity contribution is 4.94. The molecule has 0 saturated heterocycles. The number of hydrogen-bond donors (Lipinski definition) is 2. The number of hydrogen-bond acceptors (Lipinski definition) is 2. The predicted molar refractivity (Wildman–Crippen MR) is 64.9 cm³/mol. The average Bonchev–Trinajstić information content (AvgIpc) is 2.13. The summed E-state index contributed by atoms with van der Waals surface area (Å²) < 4.78 is 0. The van der Waals surface area contributed by atoms with E-state index < -0.39 is 5.60 Å². The van der Waals surface area contributed by atoms with Crippen molar-refractivity contribution in [2.24, 2.45) is 11.3 Å². The summed E-state index contributed by atoms with van der Waals surface area (Å²) in [5.74, 6) is 0.408. The van der Waals surface area contributed by atoms with Crippen LogP contribution in [0, 0.1) is 11.3 Å². The Morgan fingerprint density at radius 3 is 2.53 bits per heavy atom. The third kappa shape index (κ3) is 3.46. The van der Waals surface area contributed by atoms with E-state index in [0.717, 1.165) is 38.8 Å². The van der Waals surface area contributed by atoms with Crippen LogP contribution < -0.4 is 5.32 Å².